The molecule has 0 bridgehead atoms. The van der Waals surface area contributed by atoms with Gasteiger partial charge in [-0.15, -0.1) is 0 Å². The van der Waals surface area contributed by atoms with Crippen LogP contribution in [0.15, 0.2) is 66.2 Å². The molecule has 0 saturated carbocycles. The zero-order valence-corrected chi connectivity index (χ0v) is 19.5. The largest absolute Gasteiger partial charge is 0.493 e. The Hall–Kier alpha value is -3.19. The first kappa shape index (κ1) is 23.0. The Labute approximate surface area is 205 Å². The van der Waals surface area contributed by atoms with E-state index in [2.05, 4.69) is 5.43 Å². The minimum Gasteiger partial charge on any atom is -0.493 e. The fourth-order valence-electron chi connectivity index (χ4n) is 3.21. The van der Waals surface area contributed by atoms with E-state index in [1.165, 1.54) is 13.2 Å². The summed E-state index contributed by atoms with van der Waals surface area (Å²) in [6.07, 6.45) is 1.49. The lowest BCUT2D eigenvalue weighted by Crippen LogP contribution is -2.35. The number of rotatable bonds is 6. The maximum atomic E-state index is 12.8. The minimum absolute atomic E-state index is 0.0151. The molecule has 1 aliphatic rings. The normalized spacial score (nSPS) is 14.5. The van der Waals surface area contributed by atoms with Gasteiger partial charge in [0.1, 0.15) is 12.2 Å². The number of ether oxygens (including phenoxy) is 2. The monoisotopic (exact) mass is 502 g/mol. The van der Waals surface area contributed by atoms with Gasteiger partial charge in [-0.25, -0.2) is 5.01 Å². The van der Waals surface area contributed by atoms with E-state index in [1.807, 2.05) is 0 Å². The van der Waals surface area contributed by atoms with Gasteiger partial charge in [0.25, 0.3) is 11.8 Å². The summed E-state index contributed by atoms with van der Waals surface area (Å²) >= 11 is 18.1. The van der Waals surface area contributed by atoms with Gasteiger partial charge in [0, 0.05) is 20.6 Å². The van der Waals surface area contributed by atoms with Crippen LogP contribution in [0.25, 0.3) is 6.08 Å². The molecule has 0 unspecified atom stereocenters. The van der Waals surface area contributed by atoms with Crippen LogP contribution in [-0.2, 0) is 16.2 Å². The molecule has 0 aliphatic carbocycles. The number of benzene rings is 3. The SMILES string of the molecule is COc1cc(C=C2C(=O)NN(c3cccc(Cl)c3)C2=O)ccc1OCc1ccc(Cl)cc1Cl. The molecule has 0 spiro atoms. The van der Waals surface area contributed by atoms with Crippen LogP contribution in [0.5, 0.6) is 11.5 Å². The highest BCUT2D eigenvalue weighted by Gasteiger charge is 2.34. The second kappa shape index (κ2) is 9.75. The van der Waals surface area contributed by atoms with Crippen LogP contribution < -0.4 is 19.9 Å². The van der Waals surface area contributed by atoms with E-state index < -0.39 is 11.8 Å². The Balaban J connectivity index is 1.54. The lowest BCUT2D eigenvalue weighted by atomic mass is 10.1. The van der Waals surface area contributed by atoms with Gasteiger partial charge in [0.05, 0.1) is 12.8 Å². The van der Waals surface area contributed by atoms with Gasteiger partial charge in [-0.2, -0.15) is 0 Å². The Morgan fingerprint density at radius 1 is 0.939 bits per heavy atom. The molecule has 2 amide bonds. The van der Waals surface area contributed by atoms with Gasteiger partial charge in [-0.1, -0.05) is 53.0 Å². The summed E-state index contributed by atoms with van der Waals surface area (Å²) < 4.78 is 11.3. The average molecular weight is 504 g/mol. The lowest BCUT2D eigenvalue weighted by molar-refractivity contribution is -0.117. The Bertz CT molecular complexity index is 1280. The van der Waals surface area contributed by atoms with Crippen LogP contribution >= 0.6 is 34.8 Å². The van der Waals surface area contributed by atoms with Crippen LogP contribution in [0.1, 0.15) is 11.1 Å². The zero-order chi connectivity index (χ0) is 23.5. The summed E-state index contributed by atoms with van der Waals surface area (Å²) in [7, 11) is 1.50. The molecule has 0 radical (unpaired) electrons. The van der Waals surface area contributed by atoms with Crippen molar-refractivity contribution in [3.8, 4) is 11.5 Å². The highest BCUT2D eigenvalue weighted by atomic mass is 35.5. The summed E-state index contributed by atoms with van der Waals surface area (Å²) in [5, 5.41) is 2.65. The lowest BCUT2D eigenvalue weighted by Gasteiger charge is -2.14. The second-order valence-corrected chi connectivity index (χ2v) is 8.33. The molecule has 0 aromatic heterocycles. The number of anilines is 1. The molecule has 1 heterocycles. The Kier molecular flexibility index (Phi) is 6.79. The standard InChI is InChI=1S/C24H17Cl3N2O4/c1-32-22-10-14(5-8-21(22)33-13-15-6-7-17(26)12-20(15)27)9-19-23(30)28-29(24(19)31)18-4-2-3-16(25)11-18/h2-12H,13H2,1H3,(H,28,30). The molecule has 3 aromatic carbocycles. The minimum atomic E-state index is -0.517. The van der Waals surface area contributed by atoms with Crippen molar-refractivity contribution in [2.75, 3.05) is 12.1 Å². The van der Waals surface area contributed by atoms with E-state index in [4.69, 9.17) is 44.3 Å². The molecule has 4 rings (SSSR count). The second-order valence-electron chi connectivity index (χ2n) is 7.05. The van der Waals surface area contributed by atoms with E-state index in [9.17, 15) is 9.59 Å². The predicted molar refractivity (Wildman–Crippen MR) is 129 cm³/mol. The van der Waals surface area contributed by atoms with E-state index in [0.29, 0.717) is 37.8 Å². The first-order valence-corrected chi connectivity index (χ1v) is 10.9. The maximum Gasteiger partial charge on any atom is 0.282 e. The molecule has 1 aliphatic heterocycles. The number of nitrogens with zero attached hydrogens (tertiary/aromatic N) is 1. The third-order valence-corrected chi connectivity index (χ3v) is 5.68. The van der Waals surface area contributed by atoms with Crippen molar-refractivity contribution < 1.29 is 19.1 Å². The molecule has 1 N–H and O–H groups in total. The molecule has 1 fully saturated rings. The molecule has 3 aromatic rings. The number of hydrogen-bond donors (Lipinski definition) is 1. The predicted octanol–water partition coefficient (Wildman–Crippen LogP) is 5.70. The highest BCUT2D eigenvalue weighted by Crippen LogP contribution is 2.32. The zero-order valence-electron chi connectivity index (χ0n) is 17.3. The Morgan fingerprint density at radius 3 is 2.45 bits per heavy atom. The fourth-order valence-corrected chi connectivity index (χ4v) is 3.86. The Morgan fingerprint density at radius 2 is 1.73 bits per heavy atom. The summed E-state index contributed by atoms with van der Waals surface area (Å²) in [5.74, 6) is -0.0870. The maximum absolute atomic E-state index is 12.8. The fraction of sp³-hybridized carbons (Fsp3) is 0.0833. The van der Waals surface area contributed by atoms with Crippen LogP contribution in [0.3, 0.4) is 0 Å². The van der Waals surface area contributed by atoms with Crippen LogP contribution in [0.2, 0.25) is 15.1 Å². The van der Waals surface area contributed by atoms with E-state index in [1.54, 1.807) is 60.7 Å². The van der Waals surface area contributed by atoms with Crippen LogP contribution in [0.4, 0.5) is 5.69 Å². The van der Waals surface area contributed by atoms with Gasteiger partial charge >= 0.3 is 0 Å². The smallest absolute Gasteiger partial charge is 0.282 e. The van der Waals surface area contributed by atoms with Crippen molar-refractivity contribution in [1.82, 2.24) is 5.43 Å². The molecule has 6 nitrogen and oxygen atoms in total. The van der Waals surface area contributed by atoms with Gasteiger partial charge in [-0.3, -0.25) is 15.0 Å². The third kappa shape index (κ3) is 5.09. The summed E-state index contributed by atoms with van der Waals surface area (Å²) in [5.41, 5.74) is 4.35. The molecule has 1 saturated heterocycles. The summed E-state index contributed by atoms with van der Waals surface area (Å²) in [6.45, 7) is 0.211. The van der Waals surface area contributed by atoms with Gasteiger partial charge in [-0.05, 0) is 54.1 Å². The van der Waals surface area contributed by atoms with Gasteiger partial charge in [0.2, 0.25) is 0 Å². The van der Waals surface area contributed by atoms with Crippen molar-refractivity contribution in [3.05, 3.63) is 92.4 Å². The molecule has 0 atom stereocenters. The molecular weight excluding hydrogens is 487 g/mol. The third-order valence-electron chi connectivity index (χ3n) is 4.85. The molecule has 9 heteroatoms. The van der Waals surface area contributed by atoms with Gasteiger partial charge < -0.3 is 9.47 Å². The molecule has 33 heavy (non-hydrogen) atoms. The van der Waals surface area contributed by atoms with Crippen molar-refractivity contribution in [2.45, 2.75) is 6.61 Å². The highest BCUT2D eigenvalue weighted by molar-refractivity contribution is 6.35. The first-order valence-electron chi connectivity index (χ1n) is 9.73. The number of amides is 2. The number of carbonyl (C=O) groups is 2. The summed E-state index contributed by atoms with van der Waals surface area (Å²) in [4.78, 5) is 25.3. The quantitative estimate of drug-likeness (QED) is 0.346. The number of hydrazine groups is 1. The van der Waals surface area contributed by atoms with E-state index in [-0.39, 0.29) is 12.2 Å². The van der Waals surface area contributed by atoms with Crippen LogP contribution in [-0.4, -0.2) is 18.9 Å². The van der Waals surface area contributed by atoms with Crippen LogP contribution in [0, 0.1) is 0 Å². The van der Waals surface area contributed by atoms with Crippen molar-refractivity contribution in [2.24, 2.45) is 0 Å². The van der Waals surface area contributed by atoms with Gasteiger partial charge in [0.15, 0.2) is 11.5 Å². The van der Waals surface area contributed by atoms with Crippen molar-refractivity contribution in [1.29, 1.82) is 0 Å². The molecular formula is C24H17Cl3N2O4. The number of hydrogen-bond acceptors (Lipinski definition) is 4. The number of halogens is 3. The number of carbonyl (C=O) groups excluding carboxylic acids is 2. The number of methoxy groups -OCH3 is 1. The van der Waals surface area contributed by atoms with Crippen molar-refractivity contribution >= 4 is 58.4 Å². The first-order chi connectivity index (χ1) is 15.9. The van der Waals surface area contributed by atoms with E-state index in [0.717, 1.165) is 10.6 Å². The van der Waals surface area contributed by atoms with Crippen molar-refractivity contribution in [3.63, 3.8) is 0 Å². The summed E-state index contributed by atoms with van der Waals surface area (Å²) in [6, 6.07) is 16.9. The van der Waals surface area contributed by atoms with E-state index >= 15 is 0 Å². The molecule has 168 valence electrons. The number of nitrogens with one attached hydrogen (secondary N) is 1. The topological polar surface area (TPSA) is 67.9 Å². The average Bonchev–Trinajstić information content (AvgIpc) is 3.07.